The van der Waals surface area contributed by atoms with E-state index in [1.165, 1.54) is 12.1 Å². The van der Waals surface area contributed by atoms with E-state index in [1.807, 2.05) is 30.3 Å². The molecule has 2 aromatic rings. The number of halogens is 3. The van der Waals surface area contributed by atoms with Gasteiger partial charge in [-0.15, -0.1) is 0 Å². The van der Waals surface area contributed by atoms with Gasteiger partial charge >= 0.3 is 6.18 Å². The summed E-state index contributed by atoms with van der Waals surface area (Å²) in [5, 5.41) is 0. The Balaban J connectivity index is 1.53. The molecule has 1 aliphatic heterocycles. The lowest BCUT2D eigenvalue weighted by atomic mass is 10.1. The molecule has 0 aliphatic carbocycles. The first-order valence-electron chi connectivity index (χ1n) is 8.65. The molecular formula is C20H20F3NO3. The summed E-state index contributed by atoms with van der Waals surface area (Å²) in [6.07, 6.45) is -4.49. The van der Waals surface area contributed by atoms with Gasteiger partial charge in [0.15, 0.2) is 0 Å². The maximum Gasteiger partial charge on any atom is 0.416 e. The predicted octanol–water partition coefficient (Wildman–Crippen LogP) is 3.55. The molecule has 1 aliphatic rings. The van der Waals surface area contributed by atoms with Gasteiger partial charge in [0.25, 0.3) is 0 Å². The van der Waals surface area contributed by atoms with Crippen molar-refractivity contribution in [3.05, 3.63) is 65.7 Å². The number of alkyl halides is 3. The smallest absolute Gasteiger partial charge is 0.416 e. The van der Waals surface area contributed by atoms with E-state index in [-0.39, 0.29) is 24.4 Å². The lowest BCUT2D eigenvalue weighted by Crippen LogP contribution is -2.48. The zero-order valence-corrected chi connectivity index (χ0v) is 14.6. The Morgan fingerprint density at radius 3 is 2.67 bits per heavy atom. The van der Waals surface area contributed by atoms with Crippen LogP contribution < -0.4 is 4.74 Å². The molecule has 4 nitrogen and oxygen atoms in total. The SMILES string of the molecule is O=C(Cc1ccccc1)N1CCO[C@@H](COc2cccc(C(F)(F)F)c2)C1. The van der Waals surface area contributed by atoms with Crippen LogP contribution in [0.3, 0.4) is 0 Å². The molecule has 1 heterocycles. The van der Waals surface area contributed by atoms with Crippen LogP contribution in [0.4, 0.5) is 13.2 Å². The molecule has 1 amide bonds. The van der Waals surface area contributed by atoms with Crippen molar-refractivity contribution in [2.45, 2.75) is 18.7 Å². The molecule has 0 saturated carbocycles. The molecule has 1 saturated heterocycles. The van der Waals surface area contributed by atoms with Gasteiger partial charge in [0.1, 0.15) is 18.5 Å². The third-order valence-corrected chi connectivity index (χ3v) is 4.29. The molecular weight excluding hydrogens is 359 g/mol. The van der Waals surface area contributed by atoms with Crippen molar-refractivity contribution in [1.82, 2.24) is 4.90 Å². The summed E-state index contributed by atoms with van der Waals surface area (Å²) in [6, 6.07) is 14.2. The number of carbonyl (C=O) groups is 1. The van der Waals surface area contributed by atoms with E-state index in [0.717, 1.165) is 17.7 Å². The lowest BCUT2D eigenvalue weighted by Gasteiger charge is -2.33. The molecule has 7 heteroatoms. The van der Waals surface area contributed by atoms with Gasteiger partial charge in [-0.05, 0) is 23.8 Å². The summed E-state index contributed by atoms with van der Waals surface area (Å²) in [5.74, 6) is 0.120. The van der Waals surface area contributed by atoms with Crippen LogP contribution in [-0.4, -0.2) is 43.2 Å². The number of amides is 1. The Hall–Kier alpha value is -2.54. The first kappa shape index (κ1) is 19.2. The van der Waals surface area contributed by atoms with E-state index in [4.69, 9.17) is 9.47 Å². The van der Waals surface area contributed by atoms with E-state index in [0.29, 0.717) is 26.1 Å². The molecule has 27 heavy (non-hydrogen) atoms. The van der Waals surface area contributed by atoms with Crippen LogP contribution >= 0.6 is 0 Å². The van der Waals surface area contributed by atoms with E-state index in [9.17, 15) is 18.0 Å². The standard InChI is InChI=1S/C20H20F3NO3/c21-20(22,23)16-7-4-8-17(12-16)27-14-18-13-24(9-10-26-18)19(25)11-15-5-2-1-3-6-15/h1-8,12,18H,9-11,13-14H2/t18-/m1/s1. The molecule has 0 aromatic heterocycles. The van der Waals surface area contributed by atoms with E-state index in [1.54, 1.807) is 4.90 Å². The molecule has 1 atom stereocenters. The van der Waals surface area contributed by atoms with Gasteiger partial charge in [0.05, 0.1) is 25.1 Å². The number of hydrogen-bond donors (Lipinski definition) is 0. The van der Waals surface area contributed by atoms with Crippen molar-refractivity contribution in [3.63, 3.8) is 0 Å². The van der Waals surface area contributed by atoms with E-state index in [2.05, 4.69) is 0 Å². The van der Waals surface area contributed by atoms with Crippen LogP contribution in [0.5, 0.6) is 5.75 Å². The molecule has 3 rings (SSSR count). The monoisotopic (exact) mass is 379 g/mol. The highest BCUT2D eigenvalue weighted by Crippen LogP contribution is 2.31. The highest BCUT2D eigenvalue weighted by molar-refractivity contribution is 5.78. The van der Waals surface area contributed by atoms with Gasteiger partial charge < -0.3 is 14.4 Å². The van der Waals surface area contributed by atoms with Gasteiger partial charge in [-0.2, -0.15) is 13.2 Å². The first-order valence-corrected chi connectivity index (χ1v) is 8.65. The molecule has 2 aromatic carbocycles. The van der Waals surface area contributed by atoms with Crippen LogP contribution in [0, 0.1) is 0 Å². The summed E-state index contributed by atoms with van der Waals surface area (Å²) in [5.41, 5.74) is 0.176. The molecule has 144 valence electrons. The predicted molar refractivity (Wildman–Crippen MR) is 93.4 cm³/mol. The summed E-state index contributed by atoms with van der Waals surface area (Å²) in [4.78, 5) is 14.2. The minimum atomic E-state index is -4.42. The number of morpholine rings is 1. The summed E-state index contributed by atoms with van der Waals surface area (Å²) in [7, 11) is 0. The van der Waals surface area contributed by atoms with Crippen molar-refractivity contribution in [3.8, 4) is 5.75 Å². The van der Waals surface area contributed by atoms with Crippen molar-refractivity contribution in [2.24, 2.45) is 0 Å². The molecule has 0 N–H and O–H groups in total. The van der Waals surface area contributed by atoms with Gasteiger partial charge in [-0.3, -0.25) is 4.79 Å². The minimum absolute atomic E-state index is 0.00595. The summed E-state index contributed by atoms with van der Waals surface area (Å²) in [6.45, 7) is 1.30. The Kier molecular flexibility index (Phi) is 6.01. The van der Waals surface area contributed by atoms with E-state index >= 15 is 0 Å². The van der Waals surface area contributed by atoms with Crippen molar-refractivity contribution >= 4 is 5.91 Å². The highest BCUT2D eigenvalue weighted by Gasteiger charge is 2.31. The first-order chi connectivity index (χ1) is 12.9. The Morgan fingerprint density at radius 1 is 1.15 bits per heavy atom. The summed E-state index contributed by atoms with van der Waals surface area (Å²) >= 11 is 0. The van der Waals surface area contributed by atoms with Crippen LogP contribution in [0.15, 0.2) is 54.6 Å². The molecule has 0 radical (unpaired) electrons. The molecule has 1 fully saturated rings. The van der Waals surface area contributed by atoms with Gasteiger partial charge in [0, 0.05) is 6.54 Å². The second kappa shape index (κ2) is 8.43. The average Bonchev–Trinajstić information content (AvgIpc) is 2.67. The highest BCUT2D eigenvalue weighted by atomic mass is 19.4. The van der Waals surface area contributed by atoms with Crippen LogP contribution in [0.1, 0.15) is 11.1 Å². The maximum absolute atomic E-state index is 12.8. The third-order valence-electron chi connectivity index (χ3n) is 4.29. The fraction of sp³-hybridized carbons (Fsp3) is 0.350. The van der Waals surface area contributed by atoms with Crippen molar-refractivity contribution < 1.29 is 27.4 Å². The molecule has 0 bridgehead atoms. The number of hydrogen-bond acceptors (Lipinski definition) is 3. The zero-order valence-electron chi connectivity index (χ0n) is 14.6. The quantitative estimate of drug-likeness (QED) is 0.798. The Morgan fingerprint density at radius 2 is 1.93 bits per heavy atom. The minimum Gasteiger partial charge on any atom is -0.491 e. The fourth-order valence-corrected chi connectivity index (χ4v) is 2.88. The molecule has 0 spiro atoms. The Labute approximate surface area is 155 Å². The average molecular weight is 379 g/mol. The number of rotatable bonds is 5. The van der Waals surface area contributed by atoms with E-state index < -0.39 is 11.7 Å². The normalized spacial score (nSPS) is 17.6. The van der Waals surface area contributed by atoms with Crippen molar-refractivity contribution in [1.29, 1.82) is 0 Å². The van der Waals surface area contributed by atoms with Gasteiger partial charge in [0.2, 0.25) is 5.91 Å². The third kappa shape index (κ3) is 5.47. The van der Waals surface area contributed by atoms with Gasteiger partial charge in [-0.1, -0.05) is 36.4 Å². The Bertz CT molecular complexity index is 765. The largest absolute Gasteiger partial charge is 0.491 e. The fourth-order valence-electron chi connectivity index (χ4n) is 2.88. The summed E-state index contributed by atoms with van der Waals surface area (Å²) < 4.78 is 49.3. The van der Waals surface area contributed by atoms with Crippen LogP contribution in [-0.2, 0) is 22.1 Å². The number of nitrogens with zero attached hydrogens (tertiary/aromatic N) is 1. The lowest BCUT2D eigenvalue weighted by molar-refractivity contribution is -0.139. The number of ether oxygens (including phenoxy) is 2. The number of benzene rings is 2. The number of carbonyl (C=O) groups excluding carboxylic acids is 1. The van der Waals surface area contributed by atoms with Crippen LogP contribution in [0.2, 0.25) is 0 Å². The second-order valence-electron chi connectivity index (χ2n) is 6.33. The topological polar surface area (TPSA) is 38.8 Å². The van der Waals surface area contributed by atoms with Crippen molar-refractivity contribution in [2.75, 3.05) is 26.3 Å². The van der Waals surface area contributed by atoms with Gasteiger partial charge in [-0.25, -0.2) is 0 Å². The second-order valence-corrected chi connectivity index (χ2v) is 6.33. The zero-order chi connectivity index (χ0) is 19.3. The maximum atomic E-state index is 12.8. The molecule has 0 unspecified atom stereocenters. The van der Waals surface area contributed by atoms with Crippen LogP contribution in [0.25, 0.3) is 0 Å².